The van der Waals surface area contributed by atoms with Crippen LogP contribution in [-0.2, 0) is 40.6 Å². The van der Waals surface area contributed by atoms with Crippen LogP contribution in [-0.4, -0.2) is 82.8 Å². The van der Waals surface area contributed by atoms with Gasteiger partial charge in [-0.3, -0.25) is 19.3 Å². The molecule has 0 spiro atoms. The number of likely N-dealkylation sites (tertiary alicyclic amines) is 1. The van der Waals surface area contributed by atoms with Crippen molar-refractivity contribution in [1.82, 2.24) is 20.9 Å². The second-order valence-corrected chi connectivity index (χ2v) is 28.6. The number of nitrogens with one attached hydrogen (secondary N) is 5. The highest BCUT2D eigenvalue weighted by Gasteiger charge is 2.23. The van der Waals surface area contributed by atoms with E-state index in [-0.39, 0.29) is 37.0 Å². The normalized spacial score (nSPS) is 13.3. The van der Waals surface area contributed by atoms with E-state index < -0.39 is 18.1 Å². The molecular formula is C101H111N9O5. The number of benzene rings is 13. The van der Waals surface area contributed by atoms with Crippen LogP contribution < -0.4 is 43.8 Å². The lowest BCUT2D eigenvalue weighted by Crippen LogP contribution is -2.37. The summed E-state index contributed by atoms with van der Waals surface area (Å²) in [7, 11) is 0. The van der Waals surface area contributed by atoms with Crippen LogP contribution in [0.5, 0.6) is 0 Å². The van der Waals surface area contributed by atoms with E-state index in [1.165, 1.54) is 73.2 Å². The van der Waals surface area contributed by atoms with Crippen LogP contribution in [0.4, 0.5) is 11.4 Å². The summed E-state index contributed by atoms with van der Waals surface area (Å²) in [5.74, 6) is -0.493. The van der Waals surface area contributed by atoms with Crippen molar-refractivity contribution in [3.8, 4) is 66.8 Å². The van der Waals surface area contributed by atoms with Crippen LogP contribution in [0.3, 0.4) is 0 Å². The Morgan fingerprint density at radius 1 is 0.357 bits per heavy atom. The van der Waals surface area contributed by atoms with Crippen LogP contribution in [0.25, 0.3) is 66.8 Å². The summed E-state index contributed by atoms with van der Waals surface area (Å²) >= 11 is 0. The van der Waals surface area contributed by atoms with E-state index in [2.05, 4.69) is 239 Å². The van der Waals surface area contributed by atoms with Crippen molar-refractivity contribution < 1.29 is 24.6 Å². The standard InChI is InChI=1S/C21H21N.C18H21NO.C16H18N2O.C16H19NO.2C15H16N2O/c1-17(19-8-4-2-5-9-19)22-16-18-12-14-21(15-13-18)20-10-6-3-7-11-20;20-14-18-7-4-12-19(18)13-15-8-10-17(11-9-15)16-5-2-1-3-6-16;1-12(17)16(19)18-11-13-7-9-15(10-8-13)14-5-3-2-4-6-14;1-13(12-18)17-11-14-7-9-16(10-8-14)15-5-3-2-4-6-15;1-11(16)15(18)17-14-10-6-5-9-13(14)12-7-3-2-4-8-12;1-11(16)15(18)17-14-9-7-13(8-10-14)12-5-3-2-4-6-12/h2-15,17,22H,16H2,1H3;1-3,5-6,8-11,18,20H,4,7,12-14H2;2-10,12H,11,17H2,1H3,(H,18,19);2-10,13,17-18H,11-12H2,1H3;2*2-11H,16H2,1H3,(H,17,18). The molecule has 13 aromatic rings. The van der Waals surface area contributed by atoms with Crippen molar-refractivity contribution in [2.75, 3.05) is 30.4 Å². The molecule has 0 aromatic heterocycles. The smallest absolute Gasteiger partial charge is 0.241 e. The maximum absolute atomic E-state index is 11.7. The zero-order valence-electron chi connectivity index (χ0n) is 66.7. The minimum absolute atomic E-state index is 0.132. The summed E-state index contributed by atoms with van der Waals surface area (Å²) in [4.78, 5) is 36.8. The Labute approximate surface area is 680 Å². The van der Waals surface area contributed by atoms with E-state index in [0.29, 0.717) is 18.6 Å². The summed E-state index contributed by atoms with van der Waals surface area (Å²) in [6, 6.07) is 121. The van der Waals surface area contributed by atoms with Gasteiger partial charge in [0, 0.05) is 61.2 Å². The highest BCUT2D eigenvalue weighted by Crippen LogP contribution is 2.30. The summed E-state index contributed by atoms with van der Waals surface area (Å²) in [6.07, 6.45) is 2.33. The number of anilines is 2. The maximum atomic E-state index is 11.7. The van der Waals surface area contributed by atoms with Crippen LogP contribution in [0.1, 0.15) is 81.3 Å². The number of carbonyl (C=O) groups is 3. The molecular weight excluding hydrogens is 1420 g/mol. The molecule has 590 valence electrons. The van der Waals surface area contributed by atoms with Gasteiger partial charge in [-0.1, -0.05) is 340 Å². The van der Waals surface area contributed by atoms with Gasteiger partial charge in [-0.05, 0) is 161 Å². The molecule has 14 rings (SSSR count). The van der Waals surface area contributed by atoms with E-state index in [4.69, 9.17) is 22.3 Å². The highest BCUT2D eigenvalue weighted by molar-refractivity contribution is 5.98. The minimum Gasteiger partial charge on any atom is -0.395 e. The molecule has 1 aliphatic heterocycles. The van der Waals surface area contributed by atoms with E-state index >= 15 is 0 Å². The molecule has 0 bridgehead atoms. The van der Waals surface area contributed by atoms with Gasteiger partial charge in [0.15, 0.2) is 0 Å². The average Bonchev–Trinajstić information content (AvgIpc) is 1.58. The molecule has 1 heterocycles. The van der Waals surface area contributed by atoms with E-state index in [1.807, 2.05) is 165 Å². The number of hydrogen-bond acceptors (Lipinski definition) is 11. The predicted octanol–water partition coefficient (Wildman–Crippen LogP) is 18.9. The molecule has 1 fully saturated rings. The monoisotopic (exact) mass is 1530 g/mol. The fraction of sp³-hybridized carbons (Fsp3) is 0.198. The number of hydrogen-bond donors (Lipinski definition) is 10. The first kappa shape index (κ1) is 86.9. The van der Waals surface area contributed by atoms with Gasteiger partial charge in [0.05, 0.1) is 31.3 Å². The lowest BCUT2D eigenvalue weighted by atomic mass is 10.0. The lowest BCUT2D eigenvalue weighted by Gasteiger charge is -2.22. The fourth-order valence-electron chi connectivity index (χ4n) is 12.5. The van der Waals surface area contributed by atoms with Gasteiger partial charge in [-0.25, -0.2) is 0 Å². The quantitative estimate of drug-likeness (QED) is 0.0273. The molecule has 0 aliphatic carbocycles. The van der Waals surface area contributed by atoms with Gasteiger partial charge in [0.2, 0.25) is 17.7 Å². The third-order valence-corrected chi connectivity index (χ3v) is 19.4. The Bertz CT molecular complexity index is 4900. The van der Waals surface area contributed by atoms with E-state index in [9.17, 15) is 19.5 Å². The summed E-state index contributed by atoms with van der Waals surface area (Å²) in [6.45, 7) is 13.8. The fourth-order valence-corrected chi connectivity index (χ4v) is 12.5. The minimum atomic E-state index is -0.520. The number of para-hydroxylation sites is 1. The Kier molecular flexibility index (Phi) is 35.9. The van der Waals surface area contributed by atoms with Crippen molar-refractivity contribution in [3.63, 3.8) is 0 Å². The number of nitrogens with two attached hydrogens (primary N) is 3. The maximum Gasteiger partial charge on any atom is 0.241 e. The van der Waals surface area contributed by atoms with Gasteiger partial charge >= 0.3 is 0 Å². The number of amides is 3. The number of aliphatic hydroxyl groups excluding tert-OH is 2. The van der Waals surface area contributed by atoms with Gasteiger partial charge < -0.3 is 54.0 Å². The number of aliphatic hydroxyl groups is 2. The molecule has 1 aliphatic rings. The summed E-state index contributed by atoms with van der Waals surface area (Å²) in [5, 5.41) is 33.5. The van der Waals surface area contributed by atoms with Crippen molar-refractivity contribution in [2.24, 2.45) is 17.2 Å². The summed E-state index contributed by atoms with van der Waals surface area (Å²) in [5.41, 5.74) is 38.5. The van der Waals surface area contributed by atoms with Gasteiger partial charge in [0.25, 0.3) is 0 Å². The summed E-state index contributed by atoms with van der Waals surface area (Å²) < 4.78 is 0. The van der Waals surface area contributed by atoms with Crippen molar-refractivity contribution in [1.29, 1.82) is 0 Å². The van der Waals surface area contributed by atoms with Crippen molar-refractivity contribution in [2.45, 2.75) is 110 Å². The molecule has 6 atom stereocenters. The number of carbonyl (C=O) groups excluding carboxylic acids is 3. The zero-order chi connectivity index (χ0) is 81.4. The lowest BCUT2D eigenvalue weighted by molar-refractivity contribution is -0.122. The molecule has 1 saturated heterocycles. The van der Waals surface area contributed by atoms with Crippen molar-refractivity contribution >= 4 is 29.1 Å². The predicted molar refractivity (Wildman–Crippen MR) is 477 cm³/mol. The Morgan fingerprint density at radius 2 is 0.678 bits per heavy atom. The topological polar surface area (TPSA) is 233 Å². The van der Waals surface area contributed by atoms with E-state index in [0.717, 1.165) is 71.8 Å². The SMILES string of the molecule is CC(CO)NCc1ccc(-c2ccccc2)cc1.CC(N)C(=O)NCc1ccc(-c2ccccc2)cc1.CC(N)C(=O)Nc1ccc(-c2ccccc2)cc1.CC(N)C(=O)Nc1ccccc1-c1ccccc1.CC(NCc1ccc(-c2ccccc2)cc1)c1ccccc1.OCC1CCCN1Cc1ccc(-c2ccccc2)cc1. The molecule has 14 nitrogen and oxygen atoms in total. The second-order valence-electron chi connectivity index (χ2n) is 28.6. The van der Waals surface area contributed by atoms with Crippen LogP contribution in [0, 0.1) is 0 Å². The zero-order valence-corrected chi connectivity index (χ0v) is 66.7. The first-order valence-corrected chi connectivity index (χ1v) is 39.5. The number of rotatable bonds is 24. The van der Waals surface area contributed by atoms with Gasteiger partial charge in [-0.15, -0.1) is 0 Å². The molecule has 13 N–H and O–H groups in total. The first-order valence-electron chi connectivity index (χ1n) is 39.5. The second kappa shape index (κ2) is 47.5. The van der Waals surface area contributed by atoms with Gasteiger partial charge in [0.1, 0.15) is 0 Å². The van der Waals surface area contributed by atoms with Crippen molar-refractivity contribution in [3.05, 3.63) is 386 Å². The molecule has 13 aromatic carbocycles. The third kappa shape index (κ3) is 29.5. The van der Waals surface area contributed by atoms with Crippen LogP contribution in [0.2, 0.25) is 0 Å². The third-order valence-electron chi connectivity index (χ3n) is 19.4. The highest BCUT2D eigenvalue weighted by atomic mass is 16.3. The van der Waals surface area contributed by atoms with Gasteiger partial charge in [-0.2, -0.15) is 0 Å². The van der Waals surface area contributed by atoms with Crippen LogP contribution >= 0.6 is 0 Å². The van der Waals surface area contributed by atoms with Crippen LogP contribution in [0.15, 0.2) is 358 Å². The van der Waals surface area contributed by atoms with E-state index in [1.54, 1.807) is 20.8 Å². The number of nitrogens with zero attached hydrogens (tertiary/aromatic N) is 1. The average molecular weight is 1530 g/mol. The molecule has 0 radical (unpaired) electrons. The molecule has 6 unspecified atom stereocenters. The first-order chi connectivity index (χ1) is 56.0. The Balaban J connectivity index is 0.000000158. The molecule has 3 amide bonds. The Morgan fingerprint density at radius 3 is 1.06 bits per heavy atom. The molecule has 14 heteroatoms. The Hall–Kier alpha value is -12.1. The molecule has 115 heavy (non-hydrogen) atoms. The largest absolute Gasteiger partial charge is 0.395 e. The molecule has 0 saturated carbocycles.